The van der Waals surface area contributed by atoms with Crippen molar-refractivity contribution in [3.8, 4) is 0 Å². The Hall–Kier alpha value is -1.59. The molecule has 6 heteroatoms. The molecule has 1 aromatic carbocycles. The fourth-order valence-corrected chi connectivity index (χ4v) is 3.12. The van der Waals surface area contributed by atoms with E-state index in [9.17, 15) is 9.59 Å². The van der Waals surface area contributed by atoms with E-state index in [-0.39, 0.29) is 35.6 Å². The average molecular weight is 309 g/mol. The highest BCUT2D eigenvalue weighted by Crippen LogP contribution is 2.38. The first-order chi connectivity index (χ1) is 10.0. The van der Waals surface area contributed by atoms with E-state index in [0.717, 1.165) is 12.0 Å². The predicted octanol–water partition coefficient (Wildman–Crippen LogP) is 2.67. The van der Waals surface area contributed by atoms with Gasteiger partial charge in [0.1, 0.15) is 6.42 Å². The number of halogens is 1. The number of carbonyl (C=O) groups excluding carboxylic acids is 2. The van der Waals surface area contributed by atoms with E-state index in [0.29, 0.717) is 18.0 Å². The maximum atomic E-state index is 11.6. The normalized spacial score (nSPS) is 26.6. The van der Waals surface area contributed by atoms with Gasteiger partial charge in [0.25, 0.3) is 0 Å². The lowest BCUT2D eigenvalue weighted by Gasteiger charge is -2.18. The van der Waals surface area contributed by atoms with Crippen LogP contribution < -0.4 is 10.6 Å². The first-order valence-corrected chi connectivity index (χ1v) is 7.46. The lowest BCUT2D eigenvalue weighted by Crippen LogP contribution is -2.16. The summed E-state index contributed by atoms with van der Waals surface area (Å²) in [6.45, 7) is 2.69. The van der Waals surface area contributed by atoms with Crippen molar-refractivity contribution in [2.45, 2.75) is 31.2 Å². The Kier molecular flexibility index (Phi) is 3.87. The Morgan fingerprint density at radius 2 is 1.95 bits per heavy atom. The summed E-state index contributed by atoms with van der Waals surface area (Å²) in [6.07, 6.45) is 0.993. The topological polar surface area (TPSA) is 67.4 Å². The summed E-state index contributed by atoms with van der Waals surface area (Å²) in [6, 6.07) is 5.50. The van der Waals surface area contributed by atoms with Crippen molar-refractivity contribution in [3.63, 3.8) is 0 Å². The van der Waals surface area contributed by atoms with Crippen molar-refractivity contribution < 1.29 is 14.3 Å². The monoisotopic (exact) mass is 308 g/mol. The molecule has 2 amide bonds. The first kappa shape index (κ1) is 14.4. The van der Waals surface area contributed by atoms with Crippen LogP contribution in [0.15, 0.2) is 18.2 Å². The second kappa shape index (κ2) is 5.66. The summed E-state index contributed by atoms with van der Waals surface area (Å²) < 4.78 is 5.56. The van der Waals surface area contributed by atoms with Gasteiger partial charge in [-0.15, -0.1) is 11.6 Å². The maximum absolute atomic E-state index is 11.6. The van der Waals surface area contributed by atoms with Crippen LogP contribution in [0.4, 0.5) is 11.4 Å². The summed E-state index contributed by atoms with van der Waals surface area (Å²) in [5.74, 6) is -0.359. The van der Waals surface area contributed by atoms with Gasteiger partial charge in [-0.3, -0.25) is 9.59 Å². The van der Waals surface area contributed by atoms with Crippen molar-refractivity contribution in [2.24, 2.45) is 5.92 Å². The van der Waals surface area contributed by atoms with Gasteiger partial charge < -0.3 is 15.4 Å². The molecule has 112 valence electrons. The first-order valence-electron chi connectivity index (χ1n) is 7.02. The Labute approximate surface area is 128 Å². The Morgan fingerprint density at radius 1 is 1.24 bits per heavy atom. The predicted molar refractivity (Wildman–Crippen MR) is 80.4 cm³/mol. The third kappa shape index (κ3) is 3.04. The number of amides is 2. The number of hydrogen-bond donors (Lipinski definition) is 2. The highest BCUT2D eigenvalue weighted by atomic mass is 35.5. The highest BCUT2D eigenvalue weighted by Gasteiger charge is 2.30. The molecule has 2 N–H and O–H groups in total. The zero-order valence-electron chi connectivity index (χ0n) is 11.7. The molecule has 21 heavy (non-hydrogen) atoms. The third-order valence-corrected chi connectivity index (χ3v) is 4.48. The summed E-state index contributed by atoms with van der Waals surface area (Å²) in [4.78, 5) is 23.1. The molecule has 1 fully saturated rings. The second-order valence-electron chi connectivity index (χ2n) is 5.62. The molecule has 3 rings (SSSR count). The third-order valence-electron chi connectivity index (χ3n) is 3.87. The fraction of sp³-hybridized carbons (Fsp3) is 0.467. The number of nitrogens with one attached hydrogen (secondary N) is 2. The van der Waals surface area contributed by atoms with Crippen LogP contribution in [0.1, 0.15) is 30.7 Å². The standard InChI is InChI=1S/C15H17ClN2O3/c1-8-4-10(7-21-8)15(16)9-2-3-11-12(5-9)18-14(20)6-13(19)17-11/h2-3,5,8,10,15H,4,6-7H2,1H3,(H,17,19)(H,18,20). The van der Waals surface area contributed by atoms with Gasteiger partial charge in [0, 0.05) is 5.92 Å². The van der Waals surface area contributed by atoms with Crippen molar-refractivity contribution in [3.05, 3.63) is 23.8 Å². The van der Waals surface area contributed by atoms with E-state index in [1.807, 2.05) is 19.1 Å². The van der Waals surface area contributed by atoms with Crippen molar-refractivity contribution >= 4 is 34.8 Å². The van der Waals surface area contributed by atoms with Gasteiger partial charge in [0.15, 0.2) is 0 Å². The number of fused-ring (bicyclic) bond motifs is 1. The minimum absolute atomic E-state index is 0.164. The molecule has 2 aliphatic heterocycles. The lowest BCUT2D eigenvalue weighted by atomic mass is 9.95. The number of alkyl halides is 1. The lowest BCUT2D eigenvalue weighted by molar-refractivity contribution is -0.123. The molecule has 1 aromatic rings. The molecule has 0 bridgehead atoms. The molecular formula is C15H17ClN2O3. The average Bonchev–Trinajstić information content (AvgIpc) is 2.79. The summed E-state index contributed by atoms with van der Waals surface area (Å²) >= 11 is 6.55. The van der Waals surface area contributed by atoms with Crippen LogP contribution in [0.5, 0.6) is 0 Å². The largest absolute Gasteiger partial charge is 0.378 e. The number of carbonyl (C=O) groups is 2. The van der Waals surface area contributed by atoms with E-state index >= 15 is 0 Å². The van der Waals surface area contributed by atoms with Crippen LogP contribution in [0.3, 0.4) is 0 Å². The molecule has 3 unspecified atom stereocenters. The van der Waals surface area contributed by atoms with Crippen molar-refractivity contribution in [1.29, 1.82) is 0 Å². The minimum Gasteiger partial charge on any atom is -0.378 e. The van der Waals surface area contributed by atoms with Crippen LogP contribution in [-0.2, 0) is 14.3 Å². The molecular weight excluding hydrogens is 292 g/mol. The molecule has 0 aromatic heterocycles. The molecule has 1 saturated heterocycles. The van der Waals surface area contributed by atoms with Crippen molar-refractivity contribution in [1.82, 2.24) is 0 Å². The molecule has 0 saturated carbocycles. The number of hydrogen-bond acceptors (Lipinski definition) is 3. The summed E-state index contributed by atoms with van der Waals surface area (Å²) in [5.41, 5.74) is 2.13. The molecule has 5 nitrogen and oxygen atoms in total. The second-order valence-corrected chi connectivity index (χ2v) is 6.09. The van der Waals surface area contributed by atoms with Gasteiger partial charge in [0.05, 0.1) is 29.5 Å². The van der Waals surface area contributed by atoms with Gasteiger partial charge in [-0.25, -0.2) is 0 Å². The number of anilines is 2. The number of benzene rings is 1. The van der Waals surface area contributed by atoms with Gasteiger partial charge in [0.2, 0.25) is 11.8 Å². The summed E-state index contributed by atoms with van der Waals surface area (Å²) in [7, 11) is 0. The van der Waals surface area contributed by atoms with Gasteiger partial charge in [-0.1, -0.05) is 6.07 Å². The molecule has 3 atom stereocenters. The van der Waals surface area contributed by atoms with E-state index in [2.05, 4.69) is 10.6 Å². The minimum atomic E-state index is -0.313. The Bertz CT molecular complexity index is 590. The van der Waals surface area contributed by atoms with Crippen LogP contribution >= 0.6 is 11.6 Å². The van der Waals surface area contributed by atoms with Crippen LogP contribution in [-0.4, -0.2) is 24.5 Å². The SMILES string of the molecule is CC1CC(C(Cl)c2ccc3c(c2)NC(=O)CC(=O)N3)CO1. The number of rotatable bonds is 2. The van der Waals surface area contributed by atoms with Gasteiger partial charge in [-0.2, -0.15) is 0 Å². The van der Waals surface area contributed by atoms with Crippen LogP contribution in [0.25, 0.3) is 0 Å². The fourth-order valence-electron chi connectivity index (χ4n) is 2.81. The molecule has 0 radical (unpaired) electrons. The highest BCUT2D eigenvalue weighted by molar-refractivity contribution is 6.21. The van der Waals surface area contributed by atoms with Crippen molar-refractivity contribution in [2.75, 3.05) is 17.2 Å². The maximum Gasteiger partial charge on any atom is 0.233 e. The summed E-state index contributed by atoms with van der Waals surface area (Å²) in [5, 5.41) is 5.27. The Balaban J connectivity index is 1.85. The number of ether oxygens (including phenoxy) is 1. The van der Waals surface area contributed by atoms with E-state index in [1.165, 1.54) is 0 Å². The van der Waals surface area contributed by atoms with Gasteiger partial charge >= 0.3 is 0 Å². The smallest absolute Gasteiger partial charge is 0.233 e. The van der Waals surface area contributed by atoms with Gasteiger partial charge in [-0.05, 0) is 31.0 Å². The van der Waals surface area contributed by atoms with E-state index in [4.69, 9.17) is 16.3 Å². The molecule has 0 spiro atoms. The molecule has 2 heterocycles. The molecule has 2 aliphatic rings. The Morgan fingerprint density at radius 3 is 2.62 bits per heavy atom. The quantitative estimate of drug-likeness (QED) is 0.652. The molecule has 0 aliphatic carbocycles. The van der Waals surface area contributed by atoms with Crippen LogP contribution in [0, 0.1) is 5.92 Å². The van der Waals surface area contributed by atoms with E-state index in [1.54, 1.807) is 6.07 Å². The zero-order chi connectivity index (χ0) is 15.0. The zero-order valence-corrected chi connectivity index (χ0v) is 12.4. The van der Waals surface area contributed by atoms with E-state index < -0.39 is 0 Å². The van der Waals surface area contributed by atoms with Crippen LogP contribution in [0.2, 0.25) is 0 Å².